The first-order valence-electron chi connectivity index (χ1n) is 4.97. The fourth-order valence-corrected chi connectivity index (χ4v) is 1.69. The highest BCUT2D eigenvalue weighted by atomic mass is 16.2. The van der Waals surface area contributed by atoms with Gasteiger partial charge >= 0.3 is 5.69 Å². The van der Waals surface area contributed by atoms with Crippen LogP contribution in [0, 0.1) is 0 Å². The molecule has 1 aromatic carbocycles. The zero-order chi connectivity index (χ0) is 11.0. The zero-order valence-electron chi connectivity index (χ0n) is 8.45. The van der Waals surface area contributed by atoms with E-state index in [1.165, 1.54) is 4.68 Å². The molecule has 16 heavy (non-hydrogen) atoms. The number of hydrogen-bond acceptors (Lipinski definition) is 2. The topological polar surface area (TPSA) is 39.3 Å². The van der Waals surface area contributed by atoms with E-state index in [0.717, 1.165) is 11.2 Å². The maximum Gasteiger partial charge on any atom is 0.353 e. The summed E-state index contributed by atoms with van der Waals surface area (Å²) in [7, 11) is 0. The van der Waals surface area contributed by atoms with Crippen LogP contribution in [0.25, 0.3) is 11.2 Å². The molecule has 4 nitrogen and oxygen atoms in total. The summed E-state index contributed by atoms with van der Waals surface area (Å²) in [4.78, 5) is 12.1. The van der Waals surface area contributed by atoms with Crippen molar-refractivity contribution in [2.24, 2.45) is 0 Å². The maximum absolute atomic E-state index is 12.1. The predicted molar refractivity (Wildman–Crippen MR) is 60.8 cm³/mol. The van der Waals surface area contributed by atoms with E-state index in [2.05, 4.69) is 5.10 Å². The Kier molecular flexibility index (Phi) is 1.86. The molecule has 2 heterocycles. The molecule has 0 atom stereocenters. The number of fused-ring (bicyclic) bond motifs is 1. The molecule has 0 bridgehead atoms. The number of aromatic nitrogens is 3. The normalized spacial score (nSPS) is 10.8. The summed E-state index contributed by atoms with van der Waals surface area (Å²) in [6.07, 6.45) is 3.41. The predicted octanol–water partition coefficient (Wildman–Crippen LogP) is 1.49. The van der Waals surface area contributed by atoms with Crippen LogP contribution in [0.3, 0.4) is 0 Å². The van der Waals surface area contributed by atoms with E-state index in [-0.39, 0.29) is 5.69 Å². The Balaban J connectivity index is 2.33. The Morgan fingerprint density at radius 2 is 1.81 bits per heavy atom. The first-order valence-corrected chi connectivity index (χ1v) is 4.97. The molecule has 0 aliphatic heterocycles. The summed E-state index contributed by atoms with van der Waals surface area (Å²) in [6, 6.07) is 13.0. The number of hydrogen-bond donors (Lipinski definition) is 0. The van der Waals surface area contributed by atoms with E-state index in [1.54, 1.807) is 16.8 Å². The third kappa shape index (κ3) is 1.24. The quantitative estimate of drug-likeness (QED) is 0.611. The summed E-state index contributed by atoms with van der Waals surface area (Å²) < 4.78 is 2.95. The van der Waals surface area contributed by atoms with Gasteiger partial charge in [-0.2, -0.15) is 9.78 Å². The molecule has 2 aromatic heterocycles. The lowest BCUT2D eigenvalue weighted by Crippen LogP contribution is -2.26. The van der Waals surface area contributed by atoms with E-state index in [1.807, 2.05) is 42.5 Å². The highest BCUT2D eigenvalue weighted by Crippen LogP contribution is 2.03. The van der Waals surface area contributed by atoms with Crippen molar-refractivity contribution in [2.45, 2.75) is 0 Å². The van der Waals surface area contributed by atoms with E-state index < -0.39 is 0 Å². The monoisotopic (exact) mass is 211 g/mol. The molecule has 0 saturated heterocycles. The molecule has 4 heteroatoms. The zero-order valence-corrected chi connectivity index (χ0v) is 8.45. The average Bonchev–Trinajstić information content (AvgIpc) is 2.80. The fourth-order valence-electron chi connectivity index (χ4n) is 1.69. The summed E-state index contributed by atoms with van der Waals surface area (Å²) in [5.74, 6) is 0. The van der Waals surface area contributed by atoms with Crippen molar-refractivity contribution < 1.29 is 0 Å². The molecule has 0 aliphatic carbocycles. The lowest BCUT2D eigenvalue weighted by Gasteiger charge is -2.04. The van der Waals surface area contributed by atoms with Gasteiger partial charge in [0.2, 0.25) is 0 Å². The van der Waals surface area contributed by atoms with Crippen molar-refractivity contribution in [3.63, 3.8) is 0 Å². The largest absolute Gasteiger partial charge is 0.353 e. The molecule has 0 fully saturated rings. The van der Waals surface area contributed by atoms with E-state index in [4.69, 9.17) is 0 Å². The molecule has 3 rings (SSSR count). The molecule has 0 radical (unpaired) electrons. The molecular weight excluding hydrogens is 202 g/mol. The van der Waals surface area contributed by atoms with Gasteiger partial charge in [-0.1, -0.05) is 18.2 Å². The Hall–Kier alpha value is -2.36. The van der Waals surface area contributed by atoms with Crippen LogP contribution in [-0.2, 0) is 0 Å². The van der Waals surface area contributed by atoms with Crippen molar-refractivity contribution in [3.05, 3.63) is 65.3 Å². The third-order valence-corrected chi connectivity index (χ3v) is 2.47. The third-order valence-electron chi connectivity index (χ3n) is 2.47. The SMILES string of the molecule is O=c1n(-c2ccccc2)ncc2cccn12. The Morgan fingerprint density at radius 3 is 2.62 bits per heavy atom. The number of nitrogens with zero attached hydrogens (tertiary/aromatic N) is 3. The minimum Gasteiger partial charge on any atom is -0.266 e. The van der Waals surface area contributed by atoms with Crippen LogP contribution in [-0.4, -0.2) is 14.2 Å². The lowest BCUT2D eigenvalue weighted by atomic mass is 10.3. The van der Waals surface area contributed by atoms with Gasteiger partial charge in [0.1, 0.15) is 0 Å². The molecule has 0 N–H and O–H groups in total. The van der Waals surface area contributed by atoms with Crippen LogP contribution in [0.5, 0.6) is 0 Å². The van der Waals surface area contributed by atoms with Gasteiger partial charge in [-0.15, -0.1) is 0 Å². The van der Waals surface area contributed by atoms with Gasteiger partial charge < -0.3 is 0 Å². The van der Waals surface area contributed by atoms with E-state index in [0.29, 0.717) is 0 Å². The fraction of sp³-hybridized carbons (Fsp3) is 0. The smallest absolute Gasteiger partial charge is 0.266 e. The standard InChI is InChI=1S/C12H9N3O/c16-12-14-8-4-7-11(14)9-13-15(12)10-5-2-1-3-6-10/h1-9H. The van der Waals surface area contributed by atoms with Crippen LogP contribution in [0.1, 0.15) is 0 Å². The molecule has 78 valence electrons. The van der Waals surface area contributed by atoms with Gasteiger partial charge in [-0.05, 0) is 24.3 Å². The van der Waals surface area contributed by atoms with Gasteiger partial charge in [-0.3, -0.25) is 4.40 Å². The number of para-hydroxylation sites is 1. The van der Waals surface area contributed by atoms with Crippen LogP contribution < -0.4 is 5.69 Å². The van der Waals surface area contributed by atoms with E-state index >= 15 is 0 Å². The summed E-state index contributed by atoms with van der Waals surface area (Å²) in [6.45, 7) is 0. The maximum atomic E-state index is 12.1. The minimum absolute atomic E-state index is 0.159. The van der Waals surface area contributed by atoms with Crippen LogP contribution >= 0.6 is 0 Å². The Labute approximate surface area is 91.4 Å². The van der Waals surface area contributed by atoms with Gasteiger partial charge in [0, 0.05) is 6.20 Å². The molecule has 0 amide bonds. The highest BCUT2D eigenvalue weighted by Gasteiger charge is 2.03. The number of benzene rings is 1. The summed E-state index contributed by atoms with van der Waals surface area (Å²) in [5, 5.41) is 4.13. The van der Waals surface area contributed by atoms with Crippen molar-refractivity contribution in [1.82, 2.24) is 14.2 Å². The molecule has 0 saturated carbocycles. The van der Waals surface area contributed by atoms with Gasteiger partial charge in [0.15, 0.2) is 0 Å². The van der Waals surface area contributed by atoms with Crippen molar-refractivity contribution in [1.29, 1.82) is 0 Å². The van der Waals surface area contributed by atoms with Crippen molar-refractivity contribution >= 4 is 5.52 Å². The Morgan fingerprint density at radius 1 is 1.00 bits per heavy atom. The van der Waals surface area contributed by atoms with Gasteiger partial charge in [-0.25, -0.2) is 4.79 Å². The van der Waals surface area contributed by atoms with Crippen LogP contribution in [0.15, 0.2) is 59.7 Å². The van der Waals surface area contributed by atoms with Crippen molar-refractivity contribution in [2.75, 3.05) is 0 Å². The summed E-state index contributed by atoms with van der Waals surface area (Å²) in [5.41, 5.74) is 1.41. The van der Waals surface area contributed by atoms with Crippen molar-refractivity contribution in [3.8, 4) is 5.69 Å². The molecule has 0 spiro atoms. The van der Waals surface area contributed by atoms with Crippen LogP contribution in [0.2, 0.25) is 0 Å². The van der Waals surface area contributed by atoms with Crippen LogP contribution in [0.4, 0.5) is 0 Å². The van der Waals surface area contributed by atoms with E-state index in [9.17, 15) is 4.79 Å². The minimum atomic E-state index is -0.159. The second kappa shape index (κ2) is 3.34. The molecule has 3 aromatic rings. The molecule has 0 aliphatic rings. The van der Waals surface area contributed by atoms with Gasteiger partial charge in [0.05, 0.1) is 17.4 Å². The summed E-state index contributed by atoms with van der Waals surface area (Å²) >= 11 is 0. The average molecular weight is 211 g/mol. The first kappa shape index (κ1) is 8.91. The molecule has 0 unspecified atom stereocenters. The number of rotatable bonds is 1. The second-order valence-corrected chi connectivity index (χ2v) is 3.48. The lowest BCUT2D eigenvalue weighted by molar-refractivity contribution is 0.750. The van der Waals surface area contributed by atoms with Gasteiger partial charge in [0.25, 0.3) is 0 Å². The second-order valence-electron chi connectivity index (χ2n) is 3.48. The highest BCUT2D eigenvalue weighted by molar-refractivity contribution is 5.44. The Bertz CT molecular complexity index is 682. The molecular formula is C12H9N3O. The first-order chi connectivity index (χ1) is 7.86.